The van der Waals surface area contributed by atoms with E-state index in [1.807, 2.05) is 28.8 Å². The molecule has 154 valence electrons. The molecule has 1 atom stereocenters. The standard InChI is InChI=1S/C24H24ClN3O2/c1-17-6-8-18(9-7-17)14-27-22-4-2-3-5-23(22)28(24(27)26)15-20(29)16-30-21-12-10-19(25)11-13-21/h2-13,20,26,29H,14-16H2,1H3/p+1/t20-/m0/s1. The van der Waals surface area contributed by atoms with Crippen LogP contribution in [0.15, 0.2) is 72.8 Å². The highest BCUT2D eigenvalue weighted by atomic mass is 35.5. The first-order valence-electron chi connectivity index (χ1n) is 9.90. The van der Waals surface area contributed by atoms with Crippen LogP contribution in [0.25, 0.3) is 11.0 Å². The van der Waals surface area contributed by atoms with Crippen LogP contribution in [-0.2, 0) is 13.1 Å². The van der Waals surface area contributed by atoms with E-state index in [-0.39, 0.29) is 6.61 Å². The first-order chi connectivity index (χ1) is 14.5. The van der Waals surface area contributed by atoms with Crippen molar-refractivity contribution in [2.75, 3.05) is 12.3 Å². The van der Waals surface area contributed by atoms with Crippen molar-refractivity contribution in [1.29, 1.82) is 0 Å². The number of hydrogen-bond donors (Lipinski definition) is 2. The van der Waals surface area contributed by atoms with Crippen LogP contribution in [0, 0.1) is 6.92 Å². The molecule has 3 aromatic carbocycles. The molecule has 0 aliphatic carbocycles. The summed E-state index contributed by atoms with van der Waals surface area (Å²) in [6.07, 6.45) is -0.716. The van der Waals surface area contributed by atoms with Gasteiger partial charge in [0.15, 0.2) is 0 Å². The number of fused-ring (bicyclic) bond motifs is 1. The molecular formula is C24H25ClN3O2+. The Kier molecular flexibility index (Phi) is 5.93. The van der Waals surface area contributed by atoms with Gasteiger partial charge in [-0.1, -0.05) is 53.6 Å². The van der Waals surface area contributed by atoms with Gasteiger partial charge in [0.1, 0.15) is 36.0 Å². The van der Waals surface area contributed by atoms with Crippen LogP contribution < -0.4 is 15.0 Å². The molecule has 0 amide bonds. The number of anilines is 1. The number of aliphatic hydroxyl groups excluding tert-OH is 1. The molecule has 3 N–H and O–H groups in total. The van der Waals surface area contributed by atoms with Gasteiger partial charge >= 0.3 is 5.95 Å². The molecule has 4 rings (SSSR count). The Balaban J connectivity index is 1.55. The number of nitrogen functional groups attached to an aromatic ring is 1. The summed E-state index contributed by atoms with van der Waals surface area (Å²) in [5, 5.41) is 11.2. The number of nitrogens with two attached hydrogens (primary N) is 1. The van der Waals surface area contributed by atoms with Crippen LogP contribution in [0.5, 0.6) is 5.75 Å². The van der Waals surface area contributed by atoms with E-state index in [2.05, 4.69) is 35.8 Å². The normalized spacial score (nSPS) is 12.2. The van der Waals surface area contributed by atoms with Crippen LogP contribution in [0.3, 0.4) is 0 Å². The third-order valence-corrected chi connectivity index (χ3v) is 5.38. The van der Waals surface area contributed by atoms with Crippen molar-refractivity contribution in [3.8, 4) is 5.75 Å². The van der Waals surface area contributed by atoms with Crippen molar-refractivity contribution in [3.63, 3.8) is 0 Å². The fourth-order valence-electron chi connectivity index (χ4n) is 3.53. The lowest BCUT2D eigenvalue weighted by Crippen LogP contribution is -2.37. The second kappa shape index (κ2) is 8.78. The van der Waals surface area contributed by atoms with Gasteiger partial charge in [-0.3, -0.25) is 5.73 Å². The van der Waals surface area contributed by atoms with Gasteiger partial charge in [-0.05, 0) is 48.9 Å². The number of aromatic nitrogens is 2. The lowest BCUT2D eigenvalue weighted by atomic mass is 10.1. The maximum atomic E-state index is 10.6. The van der Waals surface area contributed by atoms with Gasteiger partial charge in [-0.15, -0.1) is 0 Å². The number of benzene rings is 3. The predicted molar refractivity (Wildman–Crippen MR) is 120 cm³/mol. The van der Waals surface area contributed by atoms with Crippen molar-refractivity contribution in [2.24, 2.45) is 0 Å². The van der Waals surface area contributed by atoms with Gasteiger partial charge in [0, 0.05) is 5.02 Å². The topological polar surface area (TPSA) is 64.3 Å². The van der Waals surface area contributed by atoms with Crippen molar-refractivity contribution < 1.29 is 14.4 Å². The molecule has 0 aliphatic heterocycles. The average molecular weight is 423 g/mol. The highest BCUT2D eigenvalue weighted by Crippen LogP contribution is 2.19. The maximum Gasteiger partial charge on any atom is 0.356 e. The summed E-state index contributed by atoms with van der Waals surface area (Å²) in [7, 11) is 0. The van der Waals surface area contributed by atoms with E-state index in [0.717, 1.165) is 11.0 Å². The molecule has 5 nitrogen and oxygen atoms in total. The molecule has 4 aromatic rings. The lowest BCUT2D eigenvalue weighted by Gasteiger charge is -2.12. The zero-order chi connectivity index (χ0) is 21.1. The number of para-hydroxylation sites is 2. The van der Waals surface area contributed by atoms with Crippen molar-refractivity contribution in [2.45, 2.75) is 26.1 Å². The van der Waals surface area contributed by atoms with E-state index in [1.165, 1.54) is 11.1 Å². The van der Waals surface area contributed by atoms with Crippen molar-refractivity contribution in [3.05, 3.63) is 88.9 Å². The number of hydrogen-bond acceptors (Lipinski definition) is 3. The van der Waals surface area contributed by atoms with Crippen LogP contribution in [-0.4, -0.2) is 22.4 Å². The SMILES string of the molecule is Cc1ccc(C[n+]2c(N)n(C[C@H](O)COc3ccc(Cl)cc3)c3ccccc32)cc1. The van der Waals surface area contributed by atoms with E-state index < -0.39 is 6.10 Å². The summed E-state index contributed by atoms with van der Waals surface area (Å²) in [6.45, 7) is 3.23. The third-order valence-electron chi connectivity index (χ3n) is 5.13. The highest BCUT2D eigenvalue weighted by Gasteiger charge is 2.23. The Morgan fingerprint density at radius 3 is 2.47 bits per heavy atom. The largest absolute Gasteiger partial charge is 0.491 e. The summed E-state index contributed by atoms with van der Waals surface area (Å²) in [5.74, 6) is 1.26. The fourth-order valence-corrected chi connectivity index (χ4v) is 3.66. The summed E-state index contributed by atoms with van der Waals surface area (Å²) in [4.78, 5) is 0. The summed E-state index contributed by atoms with van der Waals surface area (Å²) in [5.41, 5.74) is 10.9. The minimum atomic E-state index is -0.716. The lowest BCUT2D eigenvalue weighted by molar-refractivity contribution is -0.648. The highest BCUT2D eigenvalue weighted by molar-refractivity contribution is 6.30. The molecule has 0 spiro atoms. The second-order valence-electron chi connectivity index (χ2n) is 7.45. The molecule has 1 heterocycles. The average Bonchev–Trinajstić information content (AvgIpc) is 3.01. The van der Waals surface area contributed by atoms with Gasteiger partial charge in [-0.25, -0.2) is 9.13 Å². The Morgan fingerprint density at radius 2 is 1.73 bits per heavy atom. The fraction of sp³-hybridized carbons (Fsp3) is 0.208. The summed E-state index contributed by atoms with van der Waals surface area (Å²) < 4.78 is 9.71. The smallest absolute Gasteiger partial charge is 0.356 e. The van der Waals surface area contributed by atoms with E-state index in [9.17, 15) is 5.11 Å². The second-order valence-corrected chi connectivity index (χ2v) is 7.88. The zero-order valence-electron chi connectivity index (χ0n) is 16.8. The molecule has 1 aromatic heterocycles. The Bertz CT molecular complexity index is 1140. The van der Waals surface area contributed by atoms with E-state index in [0.29, 0.717) is 29.8 Å². The number of halogens is 1. The number of imidazole rings is 1. The van der Waals surface area contributed by atoms with Crippen LogP contribution in [0.2, 0.25) is 5.02 Å². The zero-order valence-corrected chi connectivity index (χ0v) is 17.6. The minimum Gasteiger partial charge on any atom is -0.491 e. The van der Waals surface area contributed by atoms with Gasteiger partial charge in [0.05, 0.1) is 6.54 Å². The van der Waals surface area contributed by atoms with E-state index >= 15 is 0 Å². The molecule has 6 heteroatoms. The van der Waals surface area contributed by atoms with Gasteiger partial charge in [0.25, 0.3) is 0 Å². The third kappa shape index (κ3) is 4.42. The van der Waals surface area contributed by atoms with Crippen LogP contribution in [0.1, 0.15) is 11.1 Å². The first kappa shape index (κ1) is 20.3. The maximum absolute atomic E-state index is 10.6. The summed E-state index contributed by atoms with van der Waals surface area (Å²) in [6, 6.07) is 23.6. The predicted octanol–water partition coefficient (Wildman–Crippen LogP) is 3.96. The number of rotatable bonds is 7. The van der Waals surface area contributed by atoms with E-state index in [4.69, 9.17) is 22.1 Å². The first-order valence-corrected chi connectivity index (χ1v) is 10.3. The molecule has 0 radical (unpaired) electrons. The molecular weight excluding hydrogens is 398 g/mol. The van der Waals surface area contributed by atoms with Crippen LogP contribution in [0.4, 0.5) is 5.95 Å². The molecule has 30 heavy (non-hydrogen) atoms. The van der Waals surface area contributed by atoms with Crippen LogP contribution >= 0.6 is 11.6 Å². The Morgan fingerprint density at radius 1 is 1.03 bits per heavy atom. The molecule has 0 fully saturated rings. The van der Waals surface area contributed by atoms with Crippen molar-refractivity contribution >= 4 is 28.6 Å². The Hall–Kier alpha value is -3.02. The van der Waals surface area contributed by atoms with Crippen molar-refractivity contribution in [1.82, 2.24) is 4.57 Å². The number of ether oxygens (including phenoxy) is 1. The quantitative estimate of drug-likeness (QED) is 0.443. The van der Waals surface area contributed by atoms with Gasteiger partial charge < -0.3 is 9.84 Å². The van der Waals surface area contributed by atoms with E-state index in [1.54, 1.807) is 24.3 Å². The number of aryl methyl sites for hydroxylation is 1. The summed E-state index contributed by atoms with van der Waals surface area (Å²) >= 11 is 5.90. The molecule has 0 saturated carbocycles. The molecule has 0 unspecified atom stereocenters. The van der Waals surface area contributed by atoms with Gasteiger partial charge in [0.2, 0.25) is 0 Å². The number of aliphatic hydroxyl groups is 1. The Labute approximate surface area is 180 Å². The number of nitrogens with zero attached hydrogens (tertiary/aromatic N) is 2. The molecule has 0 saturated heterocycles. The minimum absolute atomic E-state index is 0.158. The van der Waals surface area contributed by atoms with Gasteiger partial charge in [-0.2, -0.15) is 0 Å². The molecule has 0 bridgehead atoms. The molecule has 0 aliphatic rings. The monoisotopic (exact) mass is 422 g/mol.